The number of hydrogen-bond donors (Lipinski definition) is 3. The van der Waals surface area contributed by atoms with E-state index in [-0.39, 0.29) is 17.6 Å². The quantitative estimate of drug-likeness (QED) is 0.423. The minimum atomic E-state index is -0.0143. The van der Waals surface area contributed by atoms with Gasteiger partial charge in [-0.05, 0) is 12.0 Å². The first-order chi connectivity index (χ1) is 5.97. The molecule has 0 aliphatic carbocycles. The van der Waals surface area contributed by atoms with Gasteiger partial charge in [-0.15, -0.1) is 0 Å². The second kappa shape index (κ2) is 4.97. The zero-order chi connectivity index (χ0) is 10.4. The van der Waals surface area contributed by atoms with Crippen LogP contribution in [0.3, 0.4) is 0 Å². The van der Waals surface area contributed by atoms with Gasteiger partial charge in [0.05, 0.1) is 0 Å². The summed E-state index contributed by atoms with van der Waals surface area (Å²) in [7, 11) is 0. The number of hydrogen-bond acceptors (Lipinski definition) is 2. The number of nitrogens with zero attached hydrogens (tertiary/aromatic N) is 2. The largest absolute Gasteiger partial charge is 0.384 e. The Hall–Kier alpha value is -1.78. The SMILES string of the molecule is C=C(N)/N=C(N)\N=C(\N)C(=C)CC. The van der Waals surface area contributed by atoms with Crippen molar-refractivity contribution >= 4 is 11.8 Å². The standard InChI is InChI=1S/C8H15N5/c1-4-5(2)7(10)13-8(11)12-6(3)9/h2-4,9H2,1H3,(H4,10,11,12,13). The highest BCUT2D eigenvalue weighted by Gasteiger charge is 1.97. The smallest absolute Gasteiger partial charge is 0.223 e. The van der Waals surface area contributed by atoms with Crippen LogP contribution in [0, 0.1) is 0 Å². The van der Waals surface area contributed by atoms with Gasteiger partial charge in [-0.3, -0.25) is 0 Å². The van der Waals surface area contributed by atoms with Crippen molar-refractivity contribution in [3.63, 3.8) is 0 Å². The summed E-state index contributed by atoms with van der Waals surface area (Å²) in [5.41, 5.74) is 16.8. The number of rotatable bonds is 3. The maximum atomic E-state index is 5.52. The molecule has 0 aliphatic rings. The van der Waals surface area contributed by atoms with Crippen LogP contribution in [0.5, 0.6) is 0 Å². The predicted molar refractivity (Wildman–Crippen MR) is 56.0 cm³/mol. The molecule has 0 atom stereocenters. The van der Waals surface area contributed by atoms with E-state index in [1.165, 1.54) is 0 Å². The first kappa shape index (κ1) is 11.2. The molecule has 0 aliphatic heterocycles. The maximum absolute atomic E-state index is 5.52. The molecule has 6 N–H and O–H groups in total. The van der Waals surface area contributed by atoms with Crippen molar-refractivity contribution < 1.29 is 0 Å². The summed E-state index contributed by atoms with van der Waals surface area (Å²) < 4.78 is 0. The van der Waals surface area contributed by atoms with E-state index in [4.69, 9.17) is 17.2 Å². The molecule has 0 aromatic carbocycles. The van der Waals surface area contributed by atoms with Crippen LogP contribution in [0.25, 0.3) is 0 Å². The van der Waals surface area contributed by atoms with Crippen molar-refractivity contribution in [2.24, 2.45) is 27.2 Å². The highest BCUT2D eigenvalue weighted by atomic mass is 15.1. The van der Waals surface area contributed by atoms with E-state index in [0.29, 0.717) is 12.0 Å². The van der Waals surface area contributed by atoms with Crippen LogP contribution in [0.1, 0.15) is 13.3 Å². The Morgan fingerprint density at radius 2 is 1.69 bits per heavy atom. The minimum Gasteiger partial charge on any atom is -0.384 e. The molecule has 0 aromatic heterocycles. The highest BCUT2D eigenvalue weighted by molar-refractivity contribution is 6.03. The van der Waals surface area contributed by atoms with Gasteiger partial charge in [-0.2, -0.15) is 9.98 Å². The van der Waals surface area contributed by atoms with Gasteiger partial charge < -0.3 is 17.2 Å². The second-order valence-corrected chi connectivity index (χ2v) is 2.42. The number of amidine groups is 1. The van der Waals surface area contributed by atoms with Gasteiger partial charge in [-0.1, -0.05) is 20.1 Å². The average molecular weight is 181 g/mol. The summed E-state index contributed by atoms with van der Waals surface area (Å²) in [5.74, 6) is 0.348. The Balaban J connectivity index is 4.56. The number of guanidine groups is 1. The van der Waals surface area contributed by atoms with Crippen molar-refractivity contribution in [2.75, 3.05) is 0 Å². The molecule has 0 bridgehead atoms. The van der Waals surface area contributed by atoms with Gasteiger partial charge in [0, 0.05) is 0 Å². The van der Waals surface area contributed by atoms with Gasteiger partial charge >= 0.3 is 0 Å². The lowest BCUT2D eigenvalue weighted by Crippen LogP contribution is -2.20. The molecule has 0 fully saturated rings. The van der Waals surface area contributed by atoms with Crippen LogP contribution in [0.2, 0.25) is 0 Å². The van der Waals surface area contributed by atoms with Crippen LogP contribution < -0.4 is 17.2 Å². The minimum absolute atomic E-state index is 0.0143. The molecule has 72 valence electrons. The third-order valence-electron chi connectivity index (χ3n) is 1.28. The van der Waals surface area contributed by atoms with Crippen molar-refractivity contribution in [3.05, 3.63) is 24.6 Å². The van der Waals surface area contributed by atoms with E-state index >= 15 is 0 Å². The summed E-state index contributed by atoms with van der Waals surface area (Å²) >= 11 is 0. The molecule has 0 saturated carbocycles. The van der Waals surface area contributed by atoms with Crippen molar-refractivity contribution in [3.8, 4) is 0 Å². The molecule has 0 aromatic rings. The molecule has 13 heavy (non-hydrogen) atoms. The van der Waals surface area contributed by atoms with Gasteiger partial charge in [-0.25, -0.2) is 0 Å². The monoisotopic (exact) mass is 181 g/mol. The summed E-state index contributed by atoms with van der Waals surface area (Å²) in [6, 6.07) is 0. The molecule has 0 spiro atoms. The van der Waals surface area contributed by atoms with E-state index in [2.05, 4.69) is 23.1 Å². The topological polar surface area (TPSA) is 103 Å². The van der Waals surface area contributed by atoms with Gasteiger partial charge in [0.15, 0.2) is 0 Å². The predicted octanol–water partition coefficient (Wildman–Crippen LogP) is 0.0544. The molecule has 0 amide bonds. The fourth-order valence-electron chi connectivity index (χ4n) is 0.556. The maximum Gasteiger partial charge on any atom is 0.223 e. The lowest BCUT2D eigenvalue weighted by Gasteiger charge is -2.00. The van der Waals surface area contributed by atoms with E-state index in [9.17, 15) is 0 Å². The van der Waals surface area contributed by atoms with E-state index < -0.39 is 0 Å². The zero-order valence-corrected chi connectivity index (χ0v) is 7.75. The Morgan fingerprint density at radius 3 is 2.08 bits per heavy atom. The summed E-state index contributed by atoms with van der Waals surface area (Å²) in [6.45, 7) is 8.95. The van der Waals surface area contributed by atoms with E-state index in [1.807, 2.05) is 6.92 Å². The first-order valence-electron chi connectivity index (χ1n) is 3.78. The third-order valence-corrected chi connectivity index (χ3v) is 1.28. The van der Waals surface area contributed by atoms with Crippen LogP contribution in [0.4, 0.5) is 0 Å². The molecule has 0 radical (unpaired) electrons. The summed E-state index contributed by atoms with van der Waals surface area (Å²) in [4.78, 5) is 7.37. The molecule has 0 rings (SSSR count). The van der Waals surface area contributed by atoms with E-state index in [1.54, 1.807) is 0 Å². The highest BCUT2D eigenvalue weighted by Crippen LogP contribution is 1.95. The molecular formula is C8H15N5. The van der Waals surface area contributed by atoms with Crippen molar-refractivity contribution in [1.82, 2.24) is 0 Å². The Morgan fingerprint density at radius 1 is 1.15 bits per heavy atom. The summed E-state index contributed by atoms with van der Waals surface area (Å²) in [6.07, 6.45) is 0.714. The second-order valence-electron chi connectivity index (χ2n) is 2.42. The van der Waals surface area contributed by atoms with Crippen LogP contribution in [-0.2, 0) is 0 Å². The first-order valence-corrected chi connectivity index (χ1v) is 3.78. The fraction of sp³-hybridized carbons (Fsp3) is 0.250. The van der Waals surface area contributed by atoms with Crippen molar-refractivity contribution in [2.45, 2.75) is 13.3 Å². The van der Waals surface area contributed by atoms with Gasteiger partial charge in [0.25, 0.3) is 0 Å². The molecule has 5 nitrogen and oxygen atoms in total. The van der Waals surface area contributed by atoms with Gasteiger partial charge in [0.2, 0.25) is 5.96 Å². The van der Waals surface area contributed by atoms with Crippen LogP contribution >= 0.6 is 0 Å². The lowest BCUT2D eigenvalue weighted by atomic mass is 10.2. The van der Waals surface area contributed by atoms with Crippen LogP contribution in [0.15, 0.2) is 34.5 Å². The van der Waals surface area contributed by atoms with Crippen LogP contribution in [-0.4, -0.2) is 11.8 Å². The van der Waals surface area contributed by atoms with Crippen molar-refractivity contribution in [1.29, 1.82) is 0 Å². The zero-order valence-electron chi connectivity index (χ0n) is 7.75. The van der Waals surface area contributed by atoms with Gasteiger partial charge in [0.1, 0.15) is 11.7 Å². The molecule has 5 heteroatoms. The summed E-state index contributed by atoms with van der Waals surface area (Å²) in [5, 5.41) is 0. The lowest BCUT2D eigenvalue weighted by molar-refractivity contribution is 1.16. The molecule has 0 heterocycles. The molecule has 0 saturated heterocycles. The molecule has 0 unspecified atom stereocenters. The number of nitrogens with two attached hydrogens (primary N) is 3. The normalized spacial score (nSPS) is 12.7. The Bertz CT molecular complexity index is 274. The third kappa shape index (κ3) is 4.62. The van der Waals surface area contributed by atoms with E-state index in [0.717, 1.165) is 0 Å². The number of aliphatic imine (C=N–C) groups is 2. The molecular weight excluding hydrogens is 166 g/mol. The average Bonchev–Trinajstić information content (AvgIpc) is 2.01. The fourth-order valence-corrected chi connectivity index (χ4v) is 0.556. The Kier molecular flexibility index (Phi) is 4.29. The Labute approximate surface area is 77.7 Å².